The van der Waals surface area contributed by atoms with Gasteiger partial charge in [0.2, 0.25) is 0 Å². The number of allylic oxidation sites excluding steroid dienone is 12. The molecule has 0 saturated heterocycles. The Kier molecular flexibility index (Phi) is 40.2. The summed E-state index contributed by atoms with van der Waals surface area (Å²) >= 11 is 0. The van der Waals surface area contributed by atoms with E-state index in [1.807, 2.05) is 33.3 Å². The molecule has 336 valence electrons. The molecule has 0 aliphatic carbocycles. The summed E-state index contributed by atoms with van der Waals surface area (Å²) in [7, 11) is 1.62. The summed E-state index contributed by atoms with van der Waals surface area (Å²) in [6.07, 6.45) is 53.8. The Bertz CT molecular complexity index is 1150. The Morgan fingerprint density at radius 1 is 0.552 bits per heavy atom. The molecule has 0 aromatic carbocycles. The molecule has 0 heterocycles. The zero-order chi connectivity index (χ0) is 42.7. The van der Waals surface area contributed by atoms with Gasteiger partial charge in [-0.2, -0.15) is 0 Å². The van der Waals surface area contributed by atoms with Crippen LogP contribution < -0.4 is 0 Å². The standard InChI is InChI=1S/C49H88NO7P/c1-6-8-10-12-14-16-18-20-22-24-25-26-28-30-32-34-36-38-40-42-49(51)57-48(47-56-58(52,53)55-45-43-50(3,4)5)46-54-44-41-39-37-35-33-31-29-27-23-21-19-17-15-13-11-9-7-2/h8,10,14,16,20,22,25-26,30,32,36,38,48H,6-7,9,11-13,15,17-19,21,23-24,27-29,31,33-35,37,39-47H2,1-5H3/p+1/b10-8-,16-14-,22-20-,26-25-,32-30-,38-36-. The smallest absolute Gasteiger partial charge is 0.457 e. The number of nitrogens with zero attached hydrogens (tertiary/aromatic N) is 1. The number of hydrogen-bond acceptors (Lipinski definition) is 6. The maximum Gasteiger partial charge on any atom is 0.472 e. The van der Waals surface area contributed by atoms with Crippen molar-refractivity contribution in [2.75, 3.05) is 54.1 Å². The lowest BCUT2D eigenvalue weighted by Gasteiger charge is -2.24. The van der Waals surface area contributed by atoms with E-state index in [0.717, 1.165) is 51.4 Å². The number of unbranched alkanes of at least 4 members (excludes halogenated alkanes) is 16. The van der Waals surface area contributed by atoms with Crippen LogP contribution in [0.3, 0.4) is 0 Å². The van der Waals surface area contributed by atoms with Crippen LogP contribution in [0.25, 0.3) is 0 Å². The molecule has 2 atom stereocenters. The molecule has 0 saturated carbocycles. The van der Waals surface area contributed by atoms with E-state index in [2.05, 4.69) is 74.6 Å². The minimum Gasteiger partial charge on any atom is -0.457 e. The van der Waals surface area contributed by atoms with Gasteiger partial charge >= 0.3 is 13.8 Å². The third-order valence-corrected chi connectivity index (χ3v) is 10.5. The molecule has 0 fully saturated rings. The van der Waals surface area contributed by atoms with Gasteiger partial charge in [-0.05, 0) is 51.4 Å². The maximum absolute atomic E-state index is 12.7. The molecule has 2 unspecified atom stereocenters. The fourth-order valence-corrected chi connectivity index (χ4v) is 6.73. The zero-order valence-electron chi connectivity index (χ0n) is 38.0. The van der Waals surface area contributed by atoms with E-state index in [4.69, 9.17) is 18.5 Å². The SMILES string of the molecule is CC/C=C\C/C=C\C/C=C\C/C=C\C/C=C\C/C=C\CCC(=O)OC(COCCCCCCCCCCCCCCCCCCC)COP(=O)(O)OCC[N+](C)(C)C. The van der Waals surface area contributed by atoms with Gasteiger partial charge in [-0.15, -0.1) is 0 Å². The highest BCUT2D eigenvalue weighted by atomic mass is 31.2. The molecule has 0 aromatic heterocycles. The predicted octanol–water partition coefficient (Wildman–Crippen LogP) is 13.9. The Labute approximate surface area is 357 Å². The fraction of sp³-hybridized carbons (Fsp3) is 0.735. The Hall–Kier alpha value is -2.06. The van der Waals surface area contributed by atoms with Crippen LogP contribution >= 0.6 is 7.82 Å². The molecule has 1 N–H and O–H groups in total. The average molecular weight is 835 g/mol. The number of quaternary nitrogens is 1. The van der Waals surface area contributed by atoms with Gasteiger partial charge in [-0.3, -0.25) is 13.8 Å². The van der Waals surface area contributed by atoms with Crippen LogP contribution in [0.4, 0.5) is 0 Å². The molecule has 0 spiro atoms. The number of esters is 1. The molecule has 0 rings (SSSR count). The lowest BCUT2D eigenvalue weighted by Crippen LogP contribution is -2.37. The summed E-state index contributed by atoms with van der Waals surface area (Å²) in [6, 6.07) is 0. The number of carbonyl (C=O) groups is 1. The lowest BCUT2D eigenvalue weighted by molar-refractivity contribution is -0.870. The zero-order valence-corrected chi connectivity index (χ0v) is 38.9. The second kappa shape index (κ2) is 41.7. The van der Waals surface area contributed by atoms with Crippen molar-refractivity contribution in [1.82, 2.24) is 0 Å². The number of hydrogen-bond donors (Lipinski definition) is 1. The molecule has 9 heteroatoms. The van der Waals surface area contributed by atoms with Gasteiger partial charge in [0.05, 0.1) is 34.4 Å². The first-order chi connectivity index (χ1) is 28.1. The number of phosphoric ester groups is 1. The van der Waals surface area contributed by atoms with E-state index >= 15 is 0 Å². The van der Waals surface area contributed by atoms with Gasteiger partial charge in [0.1, 0.15) is 19.3 Å². The topological polar surface area (TPSA) is 91.3 Å². The number of rotatable bonds is 42. The van der Waals surface area contributed by atoms with Crippen LogP contribution in [0.1, 0.15) is 174 Å². The van der Waals surface area contributed by atoms with E-state index in [0.29, 0.717) is 24.1 Å². The Morgan fingerprint density at radius 2 is 0.966 bits per heavy atom. The van der Waals surface area contributed by atoms with Crippen molar-refractivity contribution < 1.29 is 37.3 Å². The second-order valence-electron chi connectivity index (χ2n) is 16.4. The highest BCUT2D eigenvalue weighted by Crippen LogP contribution is 2.43. The molecule has 0 aliphatic heterocycles. The van der Waals surface area contributed by atoms with Crippen molar-refractivity contribution in [3.05, 3.63) is 72.9 Å². The summed E-state index contributed by atoms with van der Waals surface area (Å²) in [5.74, 6) is -0.395. The molecule has 58 heavy (non-hydrogen) atoms. The van der Waals surface area contributed by atoms with Crippen LogP contribution in [0.15, 0.2) is 72.9 Å². The van der Waals surface area contributed by atoms with Gasteiger partial charge in [-0.25, -0.2) is 4.57 Å². The van der Waals surface area contributed by atoms with Gasteiger partial charge in [0, 0.05) is 13.0 Å². The van der Waals surface area contributed by atoms with Crippen molar-refractivity contribution in [2.24, 2.45) is 0 Å². The van der Waals surface area contributed by atoms with Crippen molar-refractivity contribution >= 4 is 13.8 Å². The third-order valence-electron chi connectivity index (χ3n) is 9.55. The highest BCUT2D eigenvalue weighted by Gasteiger charge is 2.26. The van der Waals surface area contributed by atoms with Crippen LogP contribution in [-0.4, -0.2) is 75.6 Å². The normalized spacial score (nSPS) is 14.4. The van der Waals surface area contributed by atoms with E-state index < -0.39 is 19.9 Å². The van der Waals surface area contributed by atoms with Crippen LogP contribution in [0.5, 0.6) is 0 Å². The summed E-state index contributed by atoms with van der Waals surface area (Å²) < 4.78 is 34.9. The van der Waals surface area contributed by atoms with E-state index in [-0.39, 0.29) is 26.2 Å². The van der Waals surface area contributed by atoms with Crippen molar-refractivity contribution in [2.45, 2.75) is 180 Å². The third kappa shape index (κ3) is 45.0. The molecule has 0 bridgehead atoms. The summed E-state index contributed by atoms with van der Waals surface area (Å²) in [6.45, 7) is 5.41. The second-order valence-corrected chi connectivity index (χ2v) is 17.9. The first kappa shape index (κ1) is 55.9. The average Bonchev–Trinajstić information content (AvgIpc) is 3.18. The van der Waals surface area contributed by atoms with Crippen LogP contribution in [0, 0.1) is 0 Å². The molecule has 8 nitrogen and oxygen atoms in total. The summed E-state index contributed by atoms with van der Waals surface area (Å²) in [4.78, 5) is 22.9. The van der Waals surface area contributed by atoms with Crippen molar-refractivity contribution in [1.29, 1.82) is 0 Å². The van der Waals surface area contributed by atoms with Crippen LogP contribution in [-0.2, 0) is 27.9 Å². The molecule has 0 aliphatic rings. The molecular formula is C49H89NO7P+. The first-order valence-corrected chi connectivity index (χ1v) is 24.7. The van der Waals surface area contributed by atoms with E-state index in [1.165, 1.54) is 96.3 Å². The Morgan fingerprint density at radius 3 is 1.40 bits per heavy atom. The Balaban J connectivity index is 4.34. The molecular weight excluding hydrogens is 746 g/mol. The number of phosphoric acid groups is 1. The monoisotopic (exact) mass is 835 g/mol. The van der Waals surface area contributed by atoms with Crippen molar-refractivity contribution in [3.63, 3.8) is 0 Å². The minimum atomic E-state index is -4.30. The maximum atomic E-state index is 12.7. The highest BCUT2D eigenvalue weighted by molar-refractivity contribution is 7.47. The lowest BCUT2D eigenvalue weighted by atomic mass is 10.0. The van der Waals surface area contributed by atoms with Gasteiger partial charge in [0.25, 0.3) is 0 Å². The van der Waals surface area contributed by atoms with Gasteiger partial charge in [-0.1, -0.05) is 189 Å². The summed E-state index contributed by atoms with van der Waals surface area (Å²) in [5, 5.41) is 0. The van der Waals surface area contributed by atoms with Gasteiger partial charge in [0.15, 0.2) is 0 Å². The molecule has 0 amide bonds. The quantitative estimate of drug-likeness (QED) is 0.0215. The van der Waals surface area contributed by atoms with Crippen molar-refractivity contribution in [3.8, 4) is 0 Å². The fourth-order valence-electron chi connectivity index (χ4n) is 5.99. The predicted molar refractivity (Wildman–Crippen MR) is 247 cm³/mol. The van der Waals surface area contributed by atoms with Gasteiger partial charge < -0.3 is 18.9 Å². The van der Waals surface area contributed by atoms with Crippen LogP contribution in [0.2, 0.25) is 0 Å². The first-order valence-electron chi connectivity index (χ1n) is 23.2. The van der Waals surface area contributed by atoms with E-state index in [1.54, 1.807) is 0 Å². The minimum absolute atomic E-state index is 0.0729. The summed E-state index contributed by atoms with van der Waals surface area (Å²) in [5.41, 5.74) is 0. The molecule has 0 radical (unpaired) electrons. The largest absolute Gasteiger partial charge is 0.472 e. The molecule has 0 aromatic rings. The number of carbonyl (C=O) groups excluding carboxylic acids is 1. The number of ether oxygens (including phenoxy) is 2. The van der Waals surface area contributed by atoms with E-state index in [9.17, 15) is 14.3 Å². The number of likely N-dealkylation sites (N-methyl/N-ethyl adjacent to an activating group) is 1.